The first-order chi connectivity index (χ1) is 18.3. The van der Waals surface area contributed by atoms with E-state index in [4.69, 9.17) is 11.5 Å². The fourth-order valence-corrected chi connectivity index (χ4v) is 6.92. The number of Topliss-reactive ketones (excluding diaryl/α,β-unsaturated/α-hetero) is 4. The molecule has 0 radical (unpaired) electrons. The summed E-state index contributed by atoms with van der Waals surface area (Å²) in [7, 11) is 2.88. The third kappa shape index (κ3) is 3.36. The highest BCUT2D eigenvalue weighted by atomic mass is 16.3. The molecule has 2 fully saturated rings. The van der Waals surface area contributed by atoms with Crippen LogP contribution in [0.3, 0.4) is 0 Å². The summed E-state index contributed by atoms with van der Waals surface area (Å²) in [5.41, 5.74) is 9.59. The van der Waals surface area contributed by atoms with Crippen LogP contribution in [0, 0.1) is 23.7 Å². The first-order valence-electron chi connectivity index (χ1n) is 12.5. The minimum absolute atomic E-state index is 0.0971. The summed E-state index contributed by atoms with van der Waals surface area (Å²) in [6.45, 7) is 1.65. The number of phenolic OH excluding ortho intramolecular Hbond substituents is 1. The van der Waals surface area contributed by atoms with E-state index in [0.29, 0.717) is 16.7 Å². The lowest BCUT2D eigenvalue weighted by Gasteiger charge is -2.56. The number of carbonyl (C=O) groups is 5. The molecular weight excluding hydrogens is 506 g/mol. The molecule has 11 heteroatoms. The molecule has 3 aliphatic carbocycles. The second-order valence-corrected chi connectivity index (χ2v) is 10.9. The molecule has 0 saturated heterocycles. The van der Waals surface area contributed by atoms with E-state index in [-0.39, 0.29) is 11.3 Å². The van der Waals surface area contributed by atoms with E-state index in [1.54, 1.807) is 43.3 Å². The summed E-state index contributed by atoms with van der Waals surface area (Å²) in [4.78, 5) is 67.9. The van der Waals surface area contributed by atoms with Gasteiger partial charge in [0.25, 0.3) is 0 Å². The molecular formula is C28H29N3O8. The lowest BCUT2D eigenvalue weighted by Crippen LogP contribution is -2.77. The maximum atomic E-state index is 14.0. The Labute approximate surface area is 223 Å². The van der Waals surface area contributed by atoms with Crippen LogP contribution in [-0.4, -0.2) is 81.1 Å². The fraction of sp³-hybridized carbons (Fsp3) is 0.393. The number of hydrogen-bond acceptors (Lipinski definition) is 10. The number of ketones is 4. The monoisotopic (exact) mass is 535 g/mol. The molecule has 2 aromatic carbocycles. The molecule has 8 atom stereocenters. The Morgan fingerprint density at radius 3 is 2.23 bits per heavy atom. The van der Waals surface area contributed by atoms with Gasteiger partial charge in [0.15, 0.2) is 34.7 Å². The van der Waals surface area contributed by atoms with E-state index in [9.17, 15) is 39.3 Å². The highest BCUT2D eigenvalue weighted by Gasteiger charge is 2.72. The van der Waals surface area contributed by atoms with Crippen molar-refractivity contribution in [3.05, 3.63) is 47.5 Å². The number of fused-ring (bicyclic) bond motifs is 3. The number of nitrogens with zero attached hydrogens (tertiary/aromatic N) is 1. The first-order valence-corrected chi connectivity index (χ1v) is 12.5. The number of aromatic hydroxyl groups is 1. The molecule has 11 nitrogen and oxygen atoms in total. The van der Waals surface area contributed by atoms with Crippen LogP contribution >= 0.6 is 0 Å². The van der Waals surface area contributed by atoms with Gasteiger partial charge in [-0.25, -0.2) is 0 Å². The highest BCUT2D eigenvalue weighted by molar-refractivity contribution is 6.32. The smallest absolute Gasteiger partial charge is 0.235 e. The van der Waals surface area contributed by atoms with Gasteiger partial charge in [-0.15, -0.1) is 0 Å². The van der Waals surface area contributed by atoms with Crippen LogP contribution in [0.5, 0.6) is 5.75 Å². The number of aliphatic hydroxyl groups excluding tert-OH is 1. The maximum Gasteiger partial charge on any atom is 0.235 e. The molecule has 0 bridgehead atoms. The largest absolute Gasteiger partial charge is 0.505 e. The van der Waals surface area contributed by atoms with Gasteiger partial charge >= 0.3 is 0 Å². The van der Waals surface area contributed by atoms with Crippen LogP contribution in [-0.2, 0) is 19.2 Å². The summed E-state index contributed by atoms with van der Waals surface area (Å²) in [5, 5.41) is 34.4. The van der Waals surface area contributed by atoms with Crippen molar-refractivity contribution >= 4 is 34.7 Å². The van der Waals surface area contributed by atoms with Crippen molar-refractivity contribution in [1.82, 2.24) is 4.90 Å². The zero-order valence-corrected chi connectivity index (χ0v) is 21.5. The minimum Gasteiger partial charge on any atom is -0.505 e. The summed E-state index contributed by atoms with van der Waals surface area (Å²) in [6.07, 6.45) is -1.70. The number of amides is 1. The van der Waals surface area contributed by atoms with Gasteiger partial charge in [0.2, 0.25) is 5.91 Å². The number of anilines is 1. The van der Waals surface area contributed by atoms with E-state index in [2.05, 4.69) is 0 Å². The lowest BCUT2D eigenvalue weighted by atomic mass is 9.49. The molecule has 0 heterocycles. The molecule has 1 amide bonds. The van der Waals surface area contributed by atoms with Gasteiger partial charge in [0.1, 0.15) is 5.75 Å². The van der Waals surface area contributed by atoms with Crippen molar-refractivity contribution in [1.29, 1.82) is 0 Å². The van der Waals surface area contributed by atoms with E-state index < -0.39 is 82.1 Å². The van der Waals surface area contributed by atoms with Gasteiger partial charge < -0.3 is 26.8 Å². The van der Waals surface area contributed by atoms with Crippen molar-refractivity contribution in [2.45, 2.75) is 30.6 Å². The van der Waals surface area contributed by atoms with Crippen LogP contribution in [0.15, 0.2) is 36.4 Å². The average Bonchev–Trinajstić information content (AvgIpc) is 2.88. The van der Waals surface area contributed by atoms with Crippen molar-refractivity contribution in [3.8, 4) is 16.9 Å². The topological polar surface area (TPSA) is 201 Å². The third-order valence-electron chi connectivity index (χ3n) is 8.73. The summed E-state index contributed by atoms with van der Waals surface area (Å²) < 4.78 is 0. The lowest BCUT2D eigenvalue weighted by molar-refractivity contribution is -0.196. The van der Waals surface area contributed by atoms with E-state index in [1.165, 1.54) is 19.0 Å². The van der Waals surface area contributed by atoms with Gasteiger partial charge in [0.05, 0.1) is 35.2 Å². The quantitative estimate of drug-likeness (QED) is 0.196. The second kappa shape index (κ2) is 8.80. The van der Waals surface area contributed by atoms with Gasteiger partial charge in [-0.05, 0) is 37.2 Å². The Bertz CT molecular complexity index is 1450. The second-order valence-electron chi connectivity index (χ2n) is 10.9. The number of nitrogen functional groups attached to an aromatic ring is 1. The van der Waals surface area contributed by atoms with Crippen LogP contribution < -0.4 is 11.5 Å². The number of rotatable bonds is 3. The van der Waals surface area contributed by atoms with Crippen molar-refractivity contribution in [2.75, 3.05) is 19.8 Å². The Morgan fingerprint density at radius 2 is 1.67 bits per heavy atom. The van der Waals surface area contributed by atoms with Gasteiger partial charge in [-0.3, -0.25) is 28.9 Å². The van der Waals surface area contributed by atoms with Crippen molar-refractivity contribution in [2.24, 2.45) is 29.4 Å². The van der Waals surface area contributed by atoms with E-state index in [0.717, 1.165) is 0 Å². The molecule has 2 aromatic rings. The Hall–Kier alpha value is -3.93. The Balaban J connectivity index is 1.73. The SMILES string of the molecule is C[C@H]1c2cc(-c3ccccc3)c(N)c(O)c2C(=O)C2C(=O)[C@]3(O)C(=O)C(C(N)=O)C(=O)[C@@H](N(C)C)[C@@H]3[C@@H](O)[C@@H]21. The molecule has 2 saturated carbocycles. The molecule has 0 aromatic heterocycles. The average molecular weight is 536 g/mol. The number of hydrogen-bond donors (Lipinski definition) is 5. The van der Waals surface area contributed by atoms with Crippen LogP contribution in [0.2, 0.25) is 0 Å². The molecule has 204 valence electrons. The van der Waals surface area contributed by atoms with Crippen molar-refractivity contribution < 1.29 is 39.3 Å². The number of benzene rings is 2. The number of phenols is 1. The fourth-order valence-electron chi connectivity index (χ4n) is 6.92. The minimum atomic E-state index is -3.04. The van der Waals surface area contributed by atoms with Gasteiger partial charge in [-0.2, -0.15) is 0 Å². The number of likely N-dealkylation sites (N-methyl/N-ethyl adjacent to an activating group) is 1. The predicted octanol–water partition coefficient (Wildman–Crippen LogP) is -0.352. The normalized spacial score (nSPS) is 33.9. The Morgan fingerprint density at radius 1 is 1.05 bits per heavy atom. The standard InChI is InChI=1S/C28H29N3O8/c1-10-12-9-13(11-7-5-4-6-8-11)19(29)23(34)15(12)21(32)16-14(10)22(33)18-20(31(2)3)24(35)17(27(30)38)26(37)28(18,39)25(16)36/h4-10,14,16-18,20,22,33-34,39H,29H2,1-3H3,(H2,30,38)/t10-,14+,16?,17?,18+,20-,22-,28-/m0/s1. The van der Waals surface area contributed by atoms with Gasteiger partial charge in [-0.1, -0.05) is 37.3 Å². The summed E-state index contributed by atoms with van der Waals surface area (Å²) >= 11 is 0. The number of nitrogens with two attached hydrogens (primary N) is 2. The molecule has 0 aliphatic heterocycles. The highest BCUT2D eigenvalue weighted by Crippen LogP contribution is 2.55. The zero-order chi connectivity index (χ0) is 28.7. The third-order valence-corrected chi connectivity index (χ3v) is 8.73. The molecule has 39 heavy (non-hydrogen) atoms. The molecule has 3 aliphatic rings. The number of aliphatic hydroxyl groups is 2. The van der Waals surface area contributed by atoms with Crippen LogP contribution in [0.4, 0.5) is 5.69 Å². The van der Waals surface area contributed by atoms with E-state index >= 15 is 0 Å². The number of primary amides is 1. The van der Waals surface area contributed by atoms with E-state index in [1.807, 2.05) is 0 Å². The first kappa shape index (κ1) is 26.7. The zero-order valence-electron chi connectivity index (χ0n) is 21.5. The molecule has 5 rings (SSSR count). The Kier molecular flexibility index (Phi) is 6.02. The molecule has 7 N–H and O–H groups in total. The summed E-state index contributed by atoms with van der Waals surface area (Å²) in [6, 6.07) is 9.09. The summed E-state index contributed by atoms with van der Waals surface area (Å²) in [5.74, 6) is -13.9. The predicted molar refractivity (Wildman–Crippen MR) is 137 cm³/mol. The van der Waals surface area contributed by atoms with Crippen molar-refractivity contribution in [3.63, 3.8) is 0 Å². The number of carbonyl (C=O) groups excluding carboxylic acids is 5. The van der Waals surface area contributed by atoms with Gasteiger partial charge in [0, 0.05) is 11.5 Å². The van der Waals surface area contributed by atoms with Crippen LogP contribution in [0.1, 0.15) is 28.8 Å². The molecule has 2 unspecified atom stereocenters. The van der Waals surface area contributed by atoms with Crippen LogP contribution in [0.25, 0.3) is 11.1 Å². The maximum absolute atomic E-state index is 14.0. The molecule has 0 spiro atoms.